The summed E-state index contributed by atoms with van der Waals surface area (Å²) in [5, 5.41) is 22.8. The van der Waals surface area contributed by atoms with Gasteiger partial charge in [0.05, 0.1) is 19.3 Å². The number of likely N-dealkylation sites (tertiary alicyclic amines) is 1. The third-order valence-electron chi connectivity index (χ3n) is 6.96. The summed E-state index contributed by atoms with van der Waals surface area (Å²) in [5.74, 6) is 1.46. The number of methoxy groups -OCH3 is 1. The molecule has 1 fully saturated rings. The van der Waals surface area contributed by atoms with Crippen molar-refractivity contribution in [3.05, 3.63) is 59.8 Å². The van der Waals surface area contributed by atoms with Crippen molar-refractivity contribution in [3.63, 3.8) is 0 Å². The molecule has 5 rings (SSSR count). The standard InChI is InChI=1S/C25H30N2O4/c1-26-15-20(18-5-3-4-6-21(18)26)23(29)16-27-11-9-25(10-12-27)14-22(28)19-8-7-17(30-2)13-24(19)31-25/h3-8,13,15,22-23,28-29H,9-12,14,16H2,1-2H3/t22-,23+/m0/s1. The highest BCUT2D eigenvalue weighted by Gasteiger charge is 2.43. The minimum absolute atomic E-state index is 0.361. The molecule has 1 aromatic heterocycles. The van der Waals surface area contributed by atoms with E-state index >= 15 is 0 Å². The summed E-state index contributed by atoms with van der Waals surface area (Å²) in [7, 11) is 3.65. The van der Waals surface area contributed by atoms with Crippen LogP contribution in [0.15, 0.2) is 48.7 Å². The molecule has 164 valence electrons. The van der Waals surface area contributed by atoms with Gasteiger partial charge in [0.1, 0.15) is 17.1 Å². The van der Waals surface area contributed by atoms with Gasteiger partial charge in [-0.2, -0.15) is 0 Å². The quantitative estimate of drug-likeness (QED) is 0.673. The van der Waals surface area contributed by atoms with Gasteiger partial charge in [-0.3, -0.25) is 0 Å². The highest BCUT2D eigenvalue weighted by Crippen LogP contribution is 2.45. The molecular formula is C25H30N2O4. The average Bonchev–Trinajstić information content (AvgIpc) is 3.12. The van der Waals surface area contributed by atoms with Crippen LogP contribution in [-0.4, -0.2) is 52.0 Å². The van der Waals surface area contributed by atoms with Gasteiger partial charge in [0.15, 0.2) is 0 Å². The van der Waals surface area contributed by atoms with E-state index < -0.39 is 12.2 Å². The average molecular weight is 423 g/mol. The van der Waals surface area contributed by atoms with Crippen LogP contribution in [0.5, 0.6) is 11.5 Å². The Balaban J connectivity index is 1.27. The number of ether oxygens (including phenoxy) is 2. The molecule has 1 saturated heterocycles. The van der Waals surface area contributed by atoms with E-state index in [1.54, 1.807) is 7.11 Å². The van der Waals surface area contributed by atoms with Crippen LogP contribution in [0, 0.1) is 0 Å². The van der Waals surface area contributed by atoms with Crippen molar-refractivity contribution in [2.45, 2.75) is 37.1 Å². The Morgan fingerprint density at radius 3 is 2.74 bits per heavy atom. The van der Waals surface area contributed by atoms with Crippen LogP contribution in [0.2, 0.25) is 0 Å². The maximum absolute atomic E-state index is 11.0. The summed E-state index contributed by atoms with van der Waals surface area (Å²) in [4.78, 5) is 2.30. The van der Waals surface area contributed by atoms with E-state index in [1.807, 2.05) is 43.6 Å². The van der Waals surface area contributed by atoms with Gasteiger partial charge < -0.3 is 29.2 Å². The first-order valence-electron chi connectivity index (χ1n) is 11.0. The van der Waals surface area contributed by atoms with E-state index in [4.69, 9.17) is 9.47 Å². The molecule has 1 spiro atoms. The number of aryl methyl sites for hydroxylation is 1. The van der Waals surface area contributed by atoms with Crippen molar-refractivity contribution in [2.24, 2.45) is 7.05 Å². The molecule has 2 atom stereocenters. The monoisotopic (exact) mass is 422 g/mol. The van der Waals surface area contributed by atoms with E-state index in [-0.39, 0.29) is 5.60 Å². The molecule has 31 heavy (non-hydrogen) atoms. The summed E-state index contributed by atoms with van der Waals surface area (Å²) < 4.78 is 13.8. The highest BCUT2D eigenvalue weighted by molar-refractivity contribution is 5.84. The van der Waals surface area contributed by atoms with Crippen molar-refractivity contribution < 1.29 is 19.7 Å². The molecule has 2 aliphatic rings. The zero-order valence-electron chi connectivity index (χ0n) is 18.1. The number of fused-ring (bicyclic) bond motifs is 2. The van der Waals surface area contributed by atoms with Gasteiger partial charge in [0.2, 0.25) is 0 Å². The number of aromatic nitrogens is 1. The molecule has 6 heteroatoms. The van der Waals surface area contributed by atoms with Crippen LogP contribution in [-0.2, 0) is 7.05 Å². The summed E-state index contributed by atoms with van der Waals surface area (Å²) in [6.07, 6.45) is 3.22. The molecule has 6 nitrogen and oxygen atoms in total. The first-order valence-corrected chi connectivity index (χ1v) is 11.0. The number of para-hydroxylation sites is 1. The van der Waals surface area contributed by atoms with E-state index in [2.05, 4.69) is 21.6 Å². The van der Waals surface area contributed by atoms with Gasteiger partial charge in [0.25, 0.3) is 0 Å². The number of hydrogen-bond acceptors (Lipinski definition) is 5. The summed E-state index contributed by atoms with van der Waals surface area (Å²) in [6.45, 7) is 2.25. The van der Waals surface area contributed by atoms with Gasteiger partial charge in [0, 0.05) is 67.4 Å². The molecule has 3 heterocycles. The van der Waals surface area contributed by atoms with Crippen molar-refractivity contribution in [1.29, 1.82) is 0 Å². The van der Waals surface area contributed by atoms with Crippen molar-refractivity contribution >= 4 is 10.9 Å². The topological polar surface area (TPSA) is 67.1 Å². The minimum Gasteiger partial charge on any atom is -0.497 e. The van der Waals surface area contributed by atoms with Crippen LogP contribution in [0.4, 0.5) is 0 Å². The number of aliphatic hydroxyl groups excluding tert-OH is 2. The predicted molar refractivity (Wildman–Crippen MR) is 119 cm³/mol. The summed E-state index contributed by atoms with van der Waals surface area (Å²) in [5.41, 5.74) is 2.58. The first-order chi connectivity index (χ1) is 15.0. The van der Waals surface area contributed by atoms with Gasteiger partial charge >= 0.3 is 0 Å². The van der Waals surface area contributed by atoms with Crippen LogP contribution in [0.25, 0.3) is 10.9 Å². The van der Waals surface area contributed by atoms with E-state index in [0.29, 0.717) is 13.0 Å². The smallest absolute Gasteiger partial charge is 0.129 e. The van der Waals surface area contributed by atoms with Gasteiger partial charge in [-0.1, -0.05) is 18.2 Å². The number of aliphatic hydroxyl groups is 2. The summed E-state index contributed by atoms with van der Waals surface area (Å²) in [6, 6.07) is 13.8. The second kappa shape index (κ2) is 7.86. The number of hydrogen-bond donors (Lipinski definition) is 2. The van der Waals surface area contributed by atoms with Gasteiger partial charge in [-0.05, 0) is 31.0 Å². The van der Waals surface area contributed by atoms with Crippen LogP contribution < -0.4 is 9.47 Å². The van der Waals surface area contributed by atoms with Gasteiger partial charge in [-0.15, -0.1) is 0 Å². The molecule has 2 N–H and O–H groups in total. The van der Waals surface area contributed by atoms with Crippen molar-refractivity contribution in [1.82, 2.24) is 9.47 Å². The molecule has 0 radical (unpaired) electrons. The molecule has 0 bridgehead atoms. The Hall–Kier alpha value is -2.54. The lowest BCUT2D eigenvalue weighted by Gasteiger charge is -2.46. The highest BCUT2D eigenvalue weighted by atomic mass is 16.5. The third-order valence-corrected chi connectivity index (χ3v) is 6.96. The van der Waals surface area contributed by atoms with Crippen molar-refractivity contribution in [2.75, 3.05) is 26.7 Å². The lowest BCUT2D eigenvalue weighted by atomic mass is 9.81. The number of nitrogens with zero attached hydrogens (tertiary/aromatic N) is 2. The zero-order chi connectivity index (χ0) is 21.6. The number of benzene rings is 2. The lowest BCUT2D eigenvalue weighted by molar-refractivity contribution is -0.0588. The Kier molecular flexibility index (Phi) is 5.16. The Morgan fingerprint density at radius 1 is 1.19 bits per heavy atom. The number of piperidine rings is 1. The Labute approximate surface area is 182 Å². The molecule has 3 aromatic rings. The lowest BCUT2D eigenvalue weighted by Crippen LogP contribution is -2.51. The number of rotatable bonds is 4. The first kappa shape index (κ1) is 20.4. The maximum Gasteiger partial charge on any atom is 0.129 e. The number of β-amino-alcohol motifs (C(OH)–C–C–N with tert-alkyl or cyclic N) is 1. The fourth-order valence-corrected chi connectivity index (χ4v) is 5.17. The Morgan fingerprint density at radius 2 is 1.97 bits per heavy atom. The molecule has 2 aliphatic heterocycles. The molecule has 0 saturated carbocycles. The van der Waals surface area contributed by atoms with E-state index in [9.17, 15) is 10.2 Å². The predicted octanol–water partition coefficient (Wildman–Crippen LogP) is 3.57. The Bertz CT molecular complexity index is 1080. The molecule has 0 amide bonds. The third kappa shape index (κ3) is 3.69. The van der Waals surface area contributed by atoms with Gasteiger partial charge in [-0.25, -0.2) is 0 Å². The maximum atomic E-state index is 11.0. The van der Waals surface area contributed by atoms with E-state index in [1.165, 1.54) is 0 Å². The molecule has 2 aromatic carbocycles. The van der Waals surface area contributed by atoms with Crippen molar-refractivity contribution in [3.8, 4) is 11.5 Å². The largest absolute Gasteiger partial charge is 0.497 e. The molecule has 0 unspecified atom stereocenters. The second-order valence-electron chi connectivity index (χ2n) is 8.94. The zero-order valence-corrected chi connectivity index (χ0v) is 18.1. The van der Waals surface area contributed by atoms with Crippen LogP contribution >= 0.6 is 0 Å². The normalized spacial score (nSPS) is 21.6. The van der Waals surface area contributed by atoms with Crippen LogP contribution in [0.1, 0.15) is 42.6 Å². The minimum atomic E-state index is -0.539. The van der Waals surface area contributed by atoms with E-state index in [0.717, 1.165) is 59.5 Å². The van der Waals surface area contributed by atoms with Crippen LogP contribution in [0.3, 0.4) is 0 Å². The SMILES string of the molecule is COc1ccc2c(c1)OC1(CCN(C[C@@H](O)c3cn(C)c4ccccc34)CC1)C[C@@H]2O. The second-order valence-corrected chi connectivity index (χ2v) is 8.94. The molecular weight excluding hydrogens is 392 g/mol. The molecule has 0 aliphatic carbocycles. The fraction of sp³-hybridized carbons (Fsp3) is 0.440. The summed E-state index contributed by atoms with van der Waals surface area (Å²) >= 11 is 0. The fourth-order valence-electron chi connectivity index (χ4n) is 5.17.